The van der Waals surface area contributed by atoms with Gasteiger partial charge in [-0.1, -0.05) is 0 Å². The molecule has 1 nitrogen and oxygen atoms in total. The van der Waals surface area contributed by atoms with Crippen molar-refractivity contribution in [2.75, 3.05) is 13.1 Å². The molecule has 0 aromatic carbocycles. The molecule has 0 unspecified atom stereocenters. The Hall–Kier alpha value is 0.159. The van der Waals surface area contributed by atoms with E-state index >= 15 is 0 Å². The van der Waals surface area contributed by atoms with Crippen molar-refractivity contribution in [2.45, 2.75) is 28.7 Å². The van der Waals surface area contributed by atoms with Crippen LogP contribution in [0.3, 0.4) is 0 Å². The predicted molar refractivity (Wildman–Crippen MR) is 54.0 cm³/mol. The van der Waals surface area contributed by atoms with E-state index in [2.05, 4.69) is 43.5 Å². The van der Waals surface area contributed by atoms with Crippen molar-refractivity contribution < 1.29 is 0 Å². The molecule has 2 heteroatoms. The van der Waals surface area contributed by atoms with E-state index in [-0.39, 0.29) is 0 Å². The summed E-state index contributed by atoms with van der Waals surface area (Å²) in [6, 6.07) is 3.24. The molecule has 0 aliphatic carbocycles. The summed E-state index contributed by atoms with van der Waals surface area (Å²) in [5.41, 5.74) is 0. The number of nitrogens with zero attached hydrogens (tertiary/aromatic N) is 1. The summed E-state index contributed by atoms with van der Waals surface area (Å²) in [7, 11) is 0. The third-order valence-electron chi connectivity index (χ3n) is 1.35. The van der Waals surface area contributed by atoms with Crippen LogP contribution in [0.1, 0.15) is 13.8 Å². The molecule has 64 valence electrons. The quantitative estimate of drug-likeness (QED) is 0.418. The molecule has 0 heterocycles. The van der Waals surface area contributed by atoms with Gasteiger partial charge in [0.05, 0.1) is 0 Å². The third kappa shape index (κ3) is 6.55. The Morgan fingerprint density at radius 1 is 1.09 bits per heavy atom. The average Bonchev–Trinajstić information content (AvgIpc) is 1.88. The normalized spacial score (nSPS) is 10.3. The molecule has 0 saturated carbocycles. The van der Waals surface area contributed by atoms with E-state index in [1.807, 2.05) is 0 Å². The Kier molecular flexibility index (Phi) is 4.99. The Morgan fingerprint density at radius 3 is 1.82 bits per heavy atom. The van der Waals surface area contributed by atoms with E-state index in [1.165, 1.54) is 0 Å². The molecule has 0 aromatic heterocycles. The summed E-state index contributed by atoms with van der Waals surface area (Å²) in [5, 5.41) is 0. The van der Waals surface area contributed by atoms with Crippen LogP contribution in [0.15, 0.2) is 0 Å². The van der Waals surface area contributed by atoms with Gasteiger partial charge in [0.25, 0.3) is 0 Å². The molecule has 0 saturated heterocycles. The molecule has 0 radical (unpaired) electrons. The van der Waals surface area contributed by atoms with Gasteiger partial charge in [0.1, 0.15) is 0 Å². The zero-order valence-electron chi connectivity index (χ0n) is 8.36. The van der Waals surface area contributed by atoms with Crippen molar-refractivity contribution in [3.8, 4) is 9.98 Å². The van der Waals surface area contributed by atoms with Gasteiger partial charge in [0.2, 0.25) is 0 Å². The van der Waals surface area contributed by atoms with Crippen molar-refractivity contribution in [1.82, 2.24) is 4.90 Å². The number of hydrogen-bond donors (Lipinski definition) is 0. The van der Waals surface area contributed by atoms with Crippen LogP contribution in [0.25, 0.3) is 0 Å². The van der Waals surface area contributed by atoms with Crippen LogP contribution >= 0.6 is 0 Å². The minimum absolute atomic E-state index is 1.05. The molecule has 0 N–H and O–H groups in total. The van der Waals surface area contributed by atoms with Gasteiger partial charge in [-0.2, -0.15) is 0 Å². The number of hydrogen-bond acceptors (Lipinski definition) is 1. The van der Waals surface area contributed by atoms with Crippen LogP contribution in [0.5, 0.6) is 0 Å². The van der Waals surface area contributed by atoms with Gasteiger partial charge in [-0.25, -0.2) is 0 Å². The van der Waals surface area contributed by atoms with Crippen molar-refractivity contribution >= 4 is 18.4 Å². The van der Waals surface area contributed by atoms with E-state index < -0.39 is 18.4 Å². The maximum absolute atomic E-state index is 3.41. The standard InChI is InChI=1S/C6H10N.3CH3.Sn/c1-4-7(5-2)6-3;;;;/h4-5H2,1-2H3;3*1H3;. The van der Waals surface area contributed by atoms with Gasteiger partial charge in [-0.3, -0.25) is 0 Å². The average molecular weight is 260 g/mol. The molecule has 0 amide bonds. The minimum atomic E-state index is -1.81. The first-order valence-corrected chi connectivity index (χ1v) is 14.3. The molecule has 0 fully saturated rings. The third-order valence-corrected chi connectivity index (χ3v) is 3.81. The van der Waals surface area contributed by atoms with Crippen molar-refractivity contribution in [1.29, 1.82) is 0 Å². The Morgan fingerprint density at radius 2 is 1.55 bits per heavy atom. The van der Waals surface area contributed by atoms with Crippen LogP contribution in [-0.2, 0) is 0 Å². The molecule has 0 spiro atoms. The van der Waals surface area contributed by atoms with Gasteiger partial charge in [-0.05, 0) is 0 Å². The first-order chi connectivity index (χ1) is 4.99. The van der Waals surface area contributed by atoms with Gasteiger partial charge >= 0.3 is 75.0 Å². The van der Waals surface area contributed by atoms with Crippen molar-refractivity contribution in [3.63, 3.8) is 0 Å². The summed E-state index contributed by atoms with van der Waals surface area (Å²) in [6.45, 7) is 6.39. The molecule has 0 bridgehead atoms. The number of rotatable bonds is 2. The van der Waals surface area contributed by atoms with E-state index in [4.69, 9.17) is 0 Å². The summed E-state index contributed by atoms with van der Waals surface area (Å²) in [6.07, 6.45) is 0. The van der Waals surface area contributed by atoms with Crippen molar-refractivity contribution in [2.24, 2.45) is 0 Å². The van der Waals surface area contributed by atoms with E-state index in [0.29, 0.717) is 0 Å². The zero-order valence-corrected chi connectivity index (χ0v) is 11.2. The zero-order chi connectivity index (χ0) is 8.91. The summed E-state index contributed by atoms with van der Waals surface area (Å²) in [5.74, 6) is 0. The Labute approximate surface area is 75.0 Å². The summed E-state index contributed by atoms with van der Waals surface area (Å²) in [4.78, 5) is 9.18. The SMILES string of the molecule is CCN(C#[C][Sn]([CH3])([CH3])[CH3])CC. The summed E-state index contributed by atoms with van der Waals surface area (Å²) < 4.78 is 3.41. The van der Waals surface area contributed by atoms with Crippen molar-refractivity contribution in [3.05, 3.63) is 0 Å². The summed E-state index contributed by atoms with van der Waals surface area (Å²) >= 11 is -1.81. The van der Waals surface area contributed by atoms with E-state index in [9.17, 15) is 0 Å². The fourth-order valence-corrected chi connectivity index (χ4v) is 2.04. The van der Waals surface area contributed by atoms with E-state index in [1.54, 1.807) is 0 Å². The first-order valence-electron chi connectivity index (χ1n) is 4.27. The predicted octanol–water partition coefficient (Wildman–Crippen LogP) is 2.17. The van der Waals surface area contributed by atoms with Gasteiger partial charge in [-0.15, -0.1) is 0 Å². The molecule has 0 aliphatic rings. The second-order valence-corrected chi connectivity index (χ2v) is 17.2. The topological polar surface area (TPSA) is 3.24 Å². The molecular formula is C9H19NSn. The fourth-order valence-electron chi connectivity index (χ4n) is 0.628. The van der Waals surface area contributed by atoms with Crippen LogP contribution in [0.4, 0.5) is 0 Å². The molecule has 11 heavy (non-hydrogen) atoms. The molecule has 0 aromatic rings. The Balaban J connectivity index is 4.04. The van der Waals surface area contributed by atoms with Gasteiger partial charge < -0.3 is 0 Å². The van der Waals surface area contributed by atoms with Crippen LogP contribution in [0, 0.1) is 9.98 Å². The molecular weight excluding hydrogens is 241 g/mol. The van der Waals surface area contributed by atoms with Crippen LogP contribution in [0.2, 0.25) is 14.8 Å². The first kappa shape index (κ1) is 11.2. The molecule has 0 aliphatic heterocycles. The Bertz CT molecular complexity index is 155. The molecule has 0 rings (SSSR count). The van der Waals surface area contributed by atoms with Crippen LogP contribution in [-0.4, -0.2) is 36.4 Å². The maximum atomic E-state index is 3.41. The van der Waals surface area contributed by atoms with Gasteiger partial charge in [0.15, 0.2) is 0 Å². The fraction of sp³-hybridized carbons (Fsp3) is 0.778. The monoisotopic (exact) mass is 261 g/mol. The second kappa shape index (κ2) is 4.92. The molecule has 0 atom stereocenters. The van der Waals surface area contributed by atoms with Crippen LogP contribution < -0.4 is 0 Å². The second-order valence-electron chi connectivity index (χ2n) is 3.66. The van der Waals surface area contributed by atoms with Gasteiger partial charge in [0, 0.05) is 0 Å². The van der Waals surface area contributed by atoms with E-state index in [0.717, 1.165) is 13.1 Å².